The van der Waals surface area contributed by atoms with Crippen molar-refractivity contribution in [2.45, 2.75) is 58.5 Å². The Balaban J connectivity index is 1.65. The van der Waals surface area contributed by atoms with Crippen LogP contribution < -0.4 is 4.74 Å². The zero-order valence-electron chi connectivity index (χ0n) is 18.1. The molecule has 0 N–H and O–H groups in total. The van der Waals surface area contributed by atoms with E-state index in [1.807, 2.05) is 18.2 Å². The van der Waals surface area contributed by atoms with Gasteiger partial charge in [0, 0.05) is 12.0 Å². The first-order valence-electron chi connectivity index (χ1n) is 10.9. The largest absolute Gasteiger partial charge is 0.494 e. The van der Waals surface area contributed by atoms with Gasteiger partial charge in [0.05, 0.1) is 12.2 Å². The number of unbranched alkanes of at least 4 members (excludes halogenated alkanes) is 1. The van der Waals surface area contributed by atoms with Gasteiger partial charge in [-0.25, -0.2) is 0 Å². The van der Waals surface area contributed by atoms with Gasteiger partial charge >= 0.3 is 6.18 Å². The second kappa shape index (κ2) is 10.6. The van der Waals surface area contributed by atoms with Crippen molar-refractivity contribution in [3.63, 3.8) is 0 Å². The van der Waals surface area contributed by atoms with Gasteiger partial charge in [-0.3, -0.25) is 0 Å². The molecule has 166 valence electrons. The zero-order valence-corrected chi connectivity index (χ0v) is 18.1. The van der Waals surface area contributed by atoms with Gasteiger partial charge in [0.15, 0.2) is 0 Å². The van der Waals surface area contributed by atoms with E-state index in [1.54, 1.807) is 0 Å². The Morgan fingerprint density at radius 3 is 2.19 bits per heavy atom. The molecule has 1 heterocycles. The number of furan rings is 1. The summed E-state index contributed by atoms with van der Waals surface area (Å²) in [5.74, 6) is 2.40. The third kappa shape index (κ3) is 6.39. The molecular weight excluding hydrogens is 401 g/mol. The van der Waals surface area contributed by atoms with Crippen LogP contribution in [-0.4, -0.2) is 6.61 Å². The van der Waals surface area contributed by atoms with Crippen LogP contribution in [0.15, 0.2) is 59.0 Å². The Kier molecular flexibility index (Phi) is 7.83. The topological polar surface area (TPSA) is 22.4 Å². The molecule has 0 atom stereocenters. The summed E-state index contributed by atoms with van der Waals surface area (Å²) >= 11 is 0. The summed E-state index contributed by atoms with van der Waals surface area (Å²) in [5.41, 5.74) is 2.39. The minimum atomic E-state index is -4.34. The minimum Gasteiger partial charge on any atom is -0.494 e. The van der Waals surface area contributed by atoms with Crippen molar-refractivity contribution in [3.8, 4) is 17.1 Å². The predicted octanol–water partition coefficient (Wildman–Crippen LogP) is 7.88. The normalized spacial score (nSPS) is 11.6. The lowest BCUT2D eigenvalue weighted by Crippen LogP contribution is -2.03. The number of aryl methyl sites for hydroxylation is 3. The lowest BCUT2D eigenvalue weighted by atomic mass is 10.1. The summed E-state index contributed by atoms with van der Waals surface area (Å²) in [6, 6.07) is 15.2. The maximum Gasteiger partial charge on any atom is 0.416 e. The van der Waals surface area contributed by atoms with E-state index < -0.39 is 11.7 Å². The standard InChI is InChI=1S/C26H29F3O2/c1-3-5-8-24-21(7-6-17-30-23-15-9-19(4-2)10-16-23)18-25(31-24)20-11-13-22(14-12-20)26(27,28)29/h9-16,18H,3-8,17H2,1-2H3. The summed E-state index contributed by atoms with van der Waals surface area (Å²) in [4.78, 5) is 0. The molecule has 0 saturated carbocycles. The van der Waals surface area contributed by atoms with Gasteiger partial charge in [0.1, 0.15) is 17.3 Å². The highest BCUT2D eigenvalue weighted by molar-refractivity contribution is 5.59. The van der Waals surface area contributed by atoms with Crippen LogP contribution in [0.25, 0.3) is 11.3 Å². The molecule has 2 nitrogen and oxygen atoms in total. The van der Waals surface area contributed by atoms with Gasteiger partial charge in [0.25, 0.3) is 0 Å². The van der Waals surface area contributed by atoms with E-state index in [0.717, 1.165) is 67.7 Å². The fourth-order valence-corrected chi connectivity index (χ4v) is 3.47. The molecule has 0 bridgehead atoms. The van der Waals surface area contributed by atoms with Gasteiger partial charge in [-0.1, -0.05) is 44.5 Å². The van der Waals surface area contributed by atoms with Crippen LogP contribution in [0.5, 0.6) is 5.75 Å². The van der Waals surface area contributed by atoms with Crippen molar-refractivity contribution in [2.24, 2.45) is 0 Å². The monoisotopic (exact) mass is 430 g/mol. The maximum absolute atomic E-state index is 12.8. The number of rotatable bonds is 10. The van der Waals surface area contributed by atoms with E-state index in [0.29, 0.717) is 17.9 Å². The molecule has 0 aliphatic carbocycles. The second-order valence-corrected chi connectivity index (χ2v) is 7.69. The van der Waals surface area contributed by atoms with E-state index >= 15 is 0 Å². The molecule has 0 aliphatic rings. The second-order valence-electron chi connectivity index (χ2n) is 7.69. The highest BCUT2D eigenvalue weighted by Gasteiger charge is 2.30. The van der Waals surface area contributed by atoms with Crippen LogP contribution in [0.2, 0.25) is 0 Å². The van der Waals surface area contributed by atoms with Gasteiger partial charge in [-0.15, -0.1) is 0 Å². The molecule has 0 unspecified atom stereocenters. The minimum absolute atomic E-state index is 0.597. The van der Waals surface area contributed by atoms with E-state index in [-0.39, 0.29) is 0 Å². The Morgan fingerprint density at radius 1 is 0.871 bits per heavy atom. The quantitative estimate of drug-likeness (QED) is 0.305. The van der Waals surface area contributed by atoms with Crippen LogP contribution in [0.3, 0.4) is 0 Å². The van der Waals surface area contributed by atoms with Crippen molar-refractivity contribution in [1.82, 2.24) is 0 Å². The van der Waals surface area contributed by atoms with Crippen molar-refractivity contribution < 1.29 is 22.3 Å². The SMILES string of the molecule is CCCCc1oc(-c2ccc(C(F)(F)F)cc2)cc1CCCOc1ccc(CC)cc1. The summed E-state index contributed by atoms with van der Waals surface area (Å²) in [5, 5.41) is 0. The zero-order chi connectivity index (χ0) is 22.3. The van der Waals surface area contributed by atoms with Gasteiger partial charge in [0.2, 0.25) is 0 Å². The molecule has 3 rings (SSSR count). The summed E-state index contributed by atoms with van der Waals surface area (Å²) < 4.78 is 50.4. The molecule has 0 fully saturated rings. The fourth-order valence-electron chi connectivity index (χ4n) is 3.47. The molecule has 31 heavy (non-hydrogen) atoms. The lowest BCUT2D eigenvalue weighted by Gasteiger charge is -2.07. The number of halogens is 3. The van der Waals surface area contributed by atoms with E-state index in [4.69, 9.17) is 9.15 Å². The molecule has 0 radical (unpaired) electrons. The summed E-state index contributed by atoms with van der Waals surface area (Å²) in [6.07, 6.45) is 1.18. The van der Waals surface area contributed by atoms with Crippen LogP contribution in [0, 0.1) is 0 Å². The van der Waals surface area contributed by atoms with Crippen molar-refractivity contribution in [2.75, 3.05) is 6.61 Å². The number of alkyl halides is 3. The molecule has 1 aromatic heterocycles. The third-order valence-electron chi connectivity index (χ3n) is 5.34. The Bertz CT molecular complexity index is 938. The Hall–Kier alpha value is -2.69. The molecule has 2 aromatic carbocycles. The Morgan fingerprint density at radius 2 is 1.58 bits per heavy atom. The van der Waals surface area contributed by atoms with Gasteiger partial charge < -0.3 is 9.15 Å². The summed E-state index contributed by atoms with van der Waals surface area (Å²) in [7, 11) is 0. The predicted molar refractivity (Wildman–Crippen MR) is 117 cm³/mol. The fraction of sp³-hybridized carbons (Fsp3) is 0.385. The molecule has 0 amide bonds. The first kappa shape index (κ1) is 23.0. The number of ether oxygens (including phenoxy) is 1. The summed E-state index contributed by atoms with van der Waals surface area (Å²) in [6.45, 7) is 4.84. The smallest absolute Gasteiger partial charge is 0.416 e. The molecule has 5 heteroatoms. The van der Waals surface area contributed by atoms with Gasteiger partial charge in [-0.05, 0) is 67.1 Å². The van der Waals surface area contributed by atoms with Crippen LogP contribution in [0.1, 0.15) is 55.6 Å². The third-order valence-corrected chi connectivity index (χ3v) is 5.34. The van der Waals surface area contributed by atoms with Crippen molar-refractivity contribution in [3.05, 3.63) is 77.0 Å². The number of hydrogen-bond donors (Lipinski definition) is 0. The average Bonchev–Trinajstić information content (AvgIpc) is 3.18. The van der Waals surface area contributed by atoms with E-state index in [1.165, 1.54) is 17.7 Å². The van der Waals surface area contributed by atoms with E-state index in [2.05, 4.69) is 26.0 Å². The molecule has 3 aromatic rings. The first-order chi connectivity index (χ1) is 14.9. The van der Waals surface area contributed by atoms with E-state index in [9.17, 15) is 13.2 Å². The number of benzene rings is 2. The molecule has 0 aliphatic heterocycles. The molecule has 0 saturated heterocycles. The van der Waals surface area contributed by atoms with Gasteiger partial charge in [-0.2, -0.15) is 13.2 Å². The lowest BCUT2D eigenvalue weighted by molar-refractivity contribution is -0.137. The molecular formula is C26H29F3O2. The number of hydrogen-bond acceptors (Lipinski definition) is 2. The average molecular weight is 431 g/mol. The van der Waals surface area contributed by atoms with Crippen molar-refractivity contribution in [1.29, 1.82) is 0 Å². The van der Waals surface area contributed by atoms with Crippen LogP contribution in [0.4, 0.5) is 13.2 Å². The van der Waals surface area contributed by atoms with Crippen molar-refractivity contribution >= 4 is 0 Å². The first-order valence-corrected chi connectivity index (χ1v) is 10.9. The van der Waals surface area contributed by atoms with Crippen LogP contribution in [-0.2, 0) is 25.4 Å². The van der Waals surface area contributed by atoms with Crippen LogP contribution >= 0.6 is 0 Å². The highest BCUT2D eigenvalue weighted by atomic mass is 19.4. The Labute approximate surface area is 182 Å². The highest BCUT2D eigenvalue weighted by Crippen LogP contribution is 2.33. The molecule has 0 spiro atoms. The maximum atomic E-state index is 12.8.